The number of rotatable bonds is 37. The summed E-state index contributed by atoms with van der Waals surface area (Å²) in [5.41, 5.74) is 0. The van der Waals surface area contributed by atoms with Crippen molar-refractivity contribution in [2.45, 2.75) is 171 Å². The summed E-state index contributed by atoms with van der Waals surface area (Å²) in [6, 6.07) is 36.9. The minimum atomic E-state index is -2.64. The largest absolute Gasteiger partial charge is 0.499 e. The molecule has 0 N–H and O–H groups in total. The van der Waals surface area contributed by atoms with Crippen LogP contribution in [0.2, 0.25) is 133 Å². The SMILES string of the molecule is CO[Si](CC[Si](C)(C)c1ccc([Si](C)(C)CCCOC(F)(CCC[Si](C)(C)c2ccc([Si](C)(C)CC[Si](OC)(OC)OC)cc2)CCC[Si](C)(C)c2ccc([Si](C)(C)CC[Si](OC)(OC)OC)cc2)cc1)(OC)OC. The Labute approximate surface area is 466 Å². The fraction of sp³-hybridized carbons (Fsp3) is 0.673. The summed E-state index contributed by atoms with van der Waals surface area (Å²) < 4.78 is 75.9. The first-order valence-corrected chi connectivity index (χ1v) is 52.6. The van der Waals surface area contributed by atoms with Crippen molar-refractivity contribution in [3.05, 3.63) is 72.8 Å². The van der Waals surface area contributed by atoms with Crippen LogP contribution < -0.4 is 31.1 Å². The summed E-state index contributed by atoms with van der Waals surface area (Å²) in [4.78, 5) is 0. The van der Waals surface area contributed by atoms with E-state index in [0.717, 1.165) is 73.7 Å². The number of ether oxygens (including phenoxy) is 1. The number of halogens is 1. The van der Waals surface area contributed by atoms with Gasteiger partial charge >= 0.3 is 26.4 Å². The molecule has 0 bridgehead atoms. The highest BCUT2D eigenvalue weighted by atomic mass is 28.4. The van der Waals surface area contributed by atoms with Gasteiger partial charge in [0, 0.05) is 95.0 Å². The number of alkyl halides is 1. The van der Waals surface area contributed by atoms with E-state index in [4.69, 9.17) is 44.6 Å². The molecule has 10 nitrogen and oxygen atoms in total. The highest BCUT2D eigenvalue weighted by molar-refractivity contribution is 6.93. The van der Waals surface area contributed by atoms with Crippen LogP contribution in [0.5, 0.6) is 0 Å². The van der Waals surface area contributed by atoms with Crippen molar-refractivity contribution in [3.63, 3.8) is 0 Å². The van der Waals surface area contributed by atoms with Gasteiger partial charge in [0.15, 0.2) is 0 Å². The predicted octanol–water partition coefficient (Wildman–Crippen LogP) is 10.8. The van der Waals surface area contributed by atoms with Crippen molar-refractivity contribution >= 4 is 106 Å². The van der Waals surface area contributed by atoms with Crippen LogP contribution in [-0.4, -0.2) is 151 Å². The van der Waals surface area contributed by atoms with E-state index >= 15 is 4.39 Å². The summed E-state index contributed by atoms with van der Waals surface area (Å²) in [5.74, 6) is -1.66. The van der Waals surface area contributed by atoms with E-state index in [0.29, 0.717) is 19.4 Å². The van der Waals surface area contributed by atoms with Gasteiger partial charge in [-0.2, -0.15) is 0 Å². The lowest BCUT2D eigenvalue weighted by Crippen LogP contribution is -2.49. The normalized spacial score (nSPS) is 14.0. The number of hydrogen-bond acceptors (Lipinski definition) is 10. The van der Waals surface area contributed by atoms with Crippen molar-refractivity contribution in [2.24, 2.45) is 0 Å². The van der Waals surface area contributed by atoms with E-state index in [2.05, 4.69) is 151 Å². The molecule has 20 heteroatoms. The van der Waals surface area contributed by atoms with Crippen LogP contribution in [-0.2, 0) is 44.6 Å². The van der Waals surface area contributed by atoms with Gasteiger partial charge in [-0.1, -0.05) is 201 Å². The molecule has 75 heavy (non-hydrogen) atoms. The summed E-state index contributed by atoms with van der Waals surface area (Å²) in [5, 5.41) is 8.58. The van der Waals surface area contributed by atoms with E-state index in [9.17, 15) is 0 Å². The fourth-order valence-corrected chi connectivity index (χ4v) is 36.5. The Kier molecular flexibility index (Phi) is 26.7. The second kappa shape index (κ2) is 29.2. The summed E-state index contributed by atoms with van der Waals surface area (Å²) >= 11 is 0. The van der Waals surface area contributed by atoms with Crippen LogP contribution in [0.25, 0.3) is 0 Å². The maximum Gasteiger partial charge on any atom is 0.499 e. The molecule has 0 fully saturated rings. The molecule has 428 valence electrons. The van der Waals surface area contributed by atoms with Gasteiger partial charge in [-0.25, -0.2) is 4.39 Å². The quantitative estimate of drug-likeness (QED) is 0.0411. The van der Waals surface area contributed by atoms with Crippen molar-refractivity contribution in [1.29, 1.82) is 0 Å². The minimum absolute atomic E-state index is 0.423. The minimum Gasteiger partial charge on any atom is -0.377 e. The lowest BCUT2D eigenvalue weighted by Gasteiger charge is -2.32. The molecule has 0 unspecified atom stereocenters. The number of hydrogen-bond donors (Lipinski definition) is 0. The van der Waals surface area contributed by atoms with Crippen LogP contribution >= 0.6 is 0 Å². The summed E-state index contributed by atoms with van der Waals surface area (Å²) in [6.07, 6.45) is 3.30. The second-order valence-electron chi connectivity index (χ2n) is 25.0. The van der Waals surface area contributed by atoms with Crippen molar-refractivity contribution in [3.8, 4) is 0 Å². The molecule has 0 saturated heterocycles. The predicted molar refractivity (Wildman–Crippen MR) is 339 cm³/mol. The zero-order chi connectivity index (χ0) is 56.6. The zero-order valence-electron chi connectivity index (χ0n) is 51.0. The third-order valence-corrected chi connectivity index (χ3v) is 47.7. The van der Waals surface area contributed by atoms with Gasteiger partial charge in [0.1, 0.15) is 0 Å². The highest BCUT2D eigenvalue weighted by Gasteiger charge is 2.43. The Balaban J connectivity index is 1.76. The first-order chi connectivity index (χ1) is 34.9. The van der Waals surface area contributed by atoms with E-state index in [1.165, 1.54) is 31.1 Å². The molecule has 3 aromatic carbocycles. The third-order valence-electron chi connectivity index (χ3n) is 17.3. The van der Waals surface area contributed by atoms with E-state index in [1.54, 1.807) is 64.0 Å². The van der Waals surface area contributed by atoms with Crippen LogP contribution in [0.4, 0.5) is 4.39 Å². The van der Waals surface area contributed by atoms with E-state index < -0.39 is 80.7 Å². The standard InChI is InChI=1S/C55H105FO10Si9/c1-57-73(58-2,59-3)46-43-70(16,17)52-31-25-49(26-32-52)67(10,11)40-22-37-55(56,38-23-41-68(12,13)50-27-33-53(34-28-50)71(18,19)44-47-74(60-4,61-5)62-6)66-39-24-42-69(14,15)51-29-35-54(36-30-51)72(20,21)45-48-75(63-7,64-8)65-9/h25-36H,22-24,37-48H2,1-21H3. The monoisotopic (exact) mass is 1200 g/mol. The van der Waals surface area contributed by atoms with Gasteiger partial charge in [-0.15, -0.1) is 0 Å². The molecule has 0 atom stereocenters. The van der Waals surface area contributed by atoms with Crippen molar-refractivity contribution < 1.29 is 49.0 Å². The van der Waals surface area contributed by atoms with Crippen molar-refractivity contribution in [2.75, 3.05) is 70.6 Å². The third kappa shape index (κ3) is 19.4. The first kappa shape index (κ1) is 68.4. The van der Waals surface area contributed by atoms with Gasteiger partial charge in [-0.3, -0.25) is 0 Å². The molecule has 0 aliphatic carbocycles. The smallest absolute Gasteiger partial charge is 0.377 e. The molecule has 0 heterocycles. The molecule has 0 amide bonds. The summed E-state index contributed by atoms with van der Waals surface area (Å²) in [7, 11) is -3.58. The van der Waals surface area contributed by atoms with Gasteiger partial charge in [0.25, 0.3) is 0 Å². The Morgan fingerprint density at radius 1 is 0.293 bits per heavy atom. The van der Waals surface area contributed by atoms with Crippen LogP contribution in [0.3, 0.4) is 0 Å². The molecule has 0 spiro atoms. The molecule has 0 aliphatic rings. The van der Waals surface area contributed by atoms with Crippen LogP contribution in [0, 0.1) is 0 Å². The Bertz CT molecular complexity index is 1990. The molecule has 0 saturated carbocycles. The zero-order valence-corrected chi connectivity index (χ0v) is 60.0. The van der Waals surface area contributed by atoms with Gasteiger partial charge in [0.2, 0.25) is 5.85 Å². The van der Waals surface area contributed by atoms with Crippen LogP contribution in [0.1, 0.15) is 32.1 Å². The van der Waals surface area contributed by atoms with E-state index in [-0.39, 0.29) is 0 Å². The molecule has 3 aromatic rings. The fourth-order valence-electron chi connectivity index (χ4n) is 10.7. The second-order valence-corrected chi connectivity index (χ2v) is 63.3. The molecular weight excluding hydrogens is 1090 g/mol. The van der Waals surface area contributed by atoms with Gasteiger partial charge < -0.3 is 44.6 Å². The molecule has 3 rings (SSSR count). The number of benzene rings is 3. The van der Waals surface area contributed by atoms with Crippen LogP contribution in [0.15, 0.2) is 72.8 Å². The topological polar surface area (TPSA) is 92.3 Å². The van der Waals surface area contributed by atoms with Gasteiger partial charge in [0.05, 0.1) is 55.1 Å². The maximum atomic E-state index is 17.7. The molecule has 0 aliphatic heterocycles. The van der Waals surface area contributed by atoms with Crippen molar-refractivity contribution in [1.82, 2.24) is 0 Å². The Morgan fingerprint density at radius 2 is 0.480 bits per heavy atom. The Morgan fingerprint density at radius 3 is 0.680 bits per heavy atom. The maximum absolute atomic E-state index is 17.7. The lowest BCUT2D eigenvalue weighted by molar-refractivity contribution is -0.155. The molecule has 0 radical (unpaired) electrons. The summed E-state index contributed by atoms with van der Waals surface area (Å²) in [6.45, 7) is 29.6. The molecular formula is C55H105FO10Si9. The average molecular weight is 1200 g/mol. The van der Waals surface area contributed by atoms with Gasteiger partial charge in [-0.05, 0) is 37.4 Å². The molecule has 0 aromatic heterocycles. The van der Waals surface area contributed by atoms with E-state index in [1.807, 2.05) is 0 Å². The Hall–Kier alpha value is -0.858. The average Bonchev–Trinajstić information content (AvgIpc) is 3.39. The highest BCUT2D eigenvalue weighted by Crippen LogP contribution is 2.32. The first-order valence-electron chi connectivity index (χ1n) is 27.5. The lowest BCUT2D eigenvalue weighted by atomic mass is 10.1.